The predicted molar refractivity (Wildman–Crippen MR) is 84.1 cm³/mol. The van der Waals surface area contributed by atoms with Crippen LogP contribution in [0.5, 0.6) is 0 Å². The zero-order valence-electron chi connectivity index (χ0n) is 13.1. The van der Waals surface area contributed by atoms with E-state index >= 15 is 0 Å². The first-order valence-electron chi connectivity index (χ1n) is 7.09. The van der Waals surface area contributed by atoms with Gasteiger partial charge in [0.05, 0.1) is 5.84 Å². The lowest BCUT2D eigenvalue weighted by Gasteiger charge is -2.19. The first-order valence-corrected chi connectivity index (χ1v) is 7.09. The maximum Gasteiger partial charge on any atom is 0.123 e. The lowest BCUT2D eigenvalue weighted by molar-refractivity contribution is 0.626. The average Bonchev–Trinajstić information content (AvgIpc) is 2.35. The summed E-state index contributed by atoms with van der Waals surface area (Å²) in [5.74, 6) is 1.06. The van der Waals surface area contributed by atoms with Gasteiger partial charge in [0, 0.05) is 5.70 Å². The van der Waals surface area contributed by atoms with Crippen LogP contribution in [0.4, 0.5) is 4.39 Å². The molecule has 0 bridgehead atoms. The molecule has 1 rings (SSSR count). The van der Waals surface area contributed by atoms with Gasteiger partial charge in [0.25, 0.3) is 0 Å². The second-order valence-corrected chi connectivity index (χ2v) is 5.78. The van der Waals surface area contributed by atoms with Crippen LogP contribution in [0.3, 0.4) is 0 Å². The van der Waals surface area contributed by atoms with Crippen molar-refractivity contribution in [3.05, 3.63) is 46.9 Å². The van der Waals surface area contributed by atoms with Gasteiger partial charge in [-0.05, 0) is 48.4 Å². The van der Waals surface area contributed by atoms with E-state index in [-0.39, 0.29) is 5.82 Å². The fourth-order valence-electron chi connectivity index (χ4n) is 2.17. The van der Waals surface area contributed by atoms with Crippen LogP contribution in [0.1, 0.15) is 40.2 Å². The summed E-state index contributed by atoms with van der Waals surface area (Å²) in [5, 5.41) is 0. The van der Waals surface area contributed by atoms with E-state index in [4.69, 9.17) is 5.73 Å². The molecule has 20 heavy (non-hydrogen) atoms. The third-order valence-corrected chi connectivity index (χ3v) is 3.18. The first-order chi connectivity index (χ1) is 9.31. The molecule has 0 aliphatic heterocycles. The number of benzene rings is 1. The van der Waals surface area contributed by atoms with E-state index in [9.17, 15) is 4.39 Å². The molecule has 0 heterocycles. The highest BCUT2D eigenvalue weighted by atomic mass is 19.1. The predicted octanol–water partition coefficient (Wildman–Crippen LogP) is 4.31. The summed E-state index contributed by atoms with van der Waals surface area (Å²) in [6.07, 6.45) is 0.780. The van der Waals surface area contributed by atoms with Crippen LogP contribution in [0.15, 0.2) is 40.5 Å². The summed E-state index contributed by atoms with van der Waals surface area (Å²) in [7, 11) is 0. The van der Waals surface area contributed by atoms with E-state index in [0.29, 0.717) is 17.7 Å². The van der Waals surface area contributed by atoms with Gasteiger partial charge in [-0.15, -0.1) is 0 Å². The molecule has 0 aliphatic rings. The van der Waals surface area contributed by atoms with Crippen LogP contribution in [0.2, 0.25) is 0 Å². The van der Waals surface area contributed by atoms with Crippen molar-refractivity contribution in [1.82, 2.24) is 0 Å². The van der Waals surface area contributed by atoms with Crippen LogP contribution in [-0.2, 0) is 6.42 Å². The lowest BCUT2D eigenvalue weighted by Crippen LogP contribution is -2.11. The number of hydrogen-bond donors (Lipinski definition) is 1. The molecule has 0 aromatic heterocycles. The Balaban J connectivity index is 3.20. The molecule has 0 radical (unpaired) electrons. The van der Waals surface area contributed by atoms with Gasteiger partial charge in [0.15, 0.2) is 0 Å². The fraction of sp³-hybridized carbons (Fsp3) is 0.471. The van der Waals surface area contributed by atoms with Gasteiger partial charge >= 0.3 is 0 Å². The van der Waals surface area contributed by atoms with E-state index in [0.717, 1.165) is 17.7 Å². The molecule has 2 N–H and O–H groups in total. The standard InChI is InChI=1S/C17H25FN2/c1-11(2)16(17(12(3)4)20-13(5)19)10-14-6-8-15(18)9-7-14/h6-9,11-12H,10H2,1-5H3,(H2,19,20)/b17-16+. The second kappa shape index (κ2) is 7.22. The van der Waals surface area contributed by atoms with Gasteiger partial charge in [-0.1, -0.05) is 39.8 Å². The Bertz CT molecular complexity index is 492. The van der Waals surface area contributed by atoms with Gasteiger partial charge in [0.2, 0.25) is 0 Å². The van der Waals surface area contributed by atoms with Gasteiger partial charge in [-0.3, -0.25) is 0 Å². The molecule has 0 atom stereocenters. The van der Waals surface area contributed by atoms with Crippen molar-refractivity contribution in [2.75, 3.05) is 0 Å². The molecule has 3 heteroatoms. The van der Waals surface area contributed by atoms with Gasteiger partial charge in [-0.25, -0.2) is 9.38 Å². The highest BCUT2D eigenvalue weighted by Crippen LogP contribution is 2.26. The Labute approximate surface area is 121 Å². The Morgan fingerprint density at radius 2 is 1.65 bits per heavy atom. The van der Waals surface area contributed by atoms with Gasteiger partial charge < -0.3 is 5.73 Å². The molecule has 0 amide bonds. The molecule has 0 saturated carbocycles. The molecule has 0 unspecified atom stereocenters. The maximum absolute atomic E-state index is 13.0. The molecule has 0 aliphatic carbocycles. The van der Waals surface area contributed by atoms with E-state index in [1.165, 1.54) is 17.7 Å². The van der Waals surface area contributed by atoms with Crippen LogP contribution >= 0.6 is 0 Å². The van der Waals surface area contributed by atoms with Crippen molar-refractivity contribution < 1.29 is 4.39 Å². The lowest BCUT2D eigenvalue weighted by atomic mass is 9.90. The maximum atomic E-state index is 13.0. The molecule has 110 valence electrons. The normalized spacial score (nSPS) is 13.9. The first kappa shape index (κ1) is 16.4. The van der Waals surface area contributed by atoms with Crippen molar-refractivity contribution in [3.8, 4) is 0 Å². The Hall–Kier alpha value is -1.64. The highest BCUT2D eigenvalue weighted by molar-refractivity contribution is 5.78. The molecular formula is C17H25FN2. The highest BCUT2D eigenvalue weighted by Gasteiger charge is 2.14. The molecule has 1 aromatic carbocycles. The largest absolute Gasteiger partial charge is 0.387 e. The SMILES string of the molecule is CC(N)=N/C(=C(\Cc1ccc(F)cc1)C(C)C)C(C)C. The third kappa shape index (κ3) is 4.80. The van der Waals surface area contributed by atoms with Crippen molar-refractivity contribution >= 4 is 5.84 Å². The minimum absolute atomic E-state index is 0.205. The van der Waals surface area contributed by atoms with Crippen LogP contribution in [-0.4, -0.2) is 5.84 Å². The summed E-state index contributed by atoms with van der Waals surface area (Å²) in [4.78, 5) is 4.51. The number of hydrogen-bond acceptors (Lipinski definition) is 1. The molecule has 2 nitrogen and oxygen atoms in total. The number of halogens is 1. The number of nitrogens with two attached hydrogens (primary N) is 1. The zero-order chi connectivity index (χ0) is 15.3. The summed E-state index contributed by atoms with van der Waals surface area (Å²) >= 11 is 0. The van der Waals surface area contributed by atoms with Crippen molar-refractivity contribution in [2.45, 2.75) is 41.0 Å². The zero-order valence-corrected chi connectivity index (χ0v) is 13.1. The quantitative estimate of drug-likeness (QED) is 0.631. The van der Waals surface area contributed by atoms with E-state index < -0.39 is 0 Å². The smallest absolute Gasteiger partial charge is 0.123 e. The summed E-state index contributed by atoms with van der Waals surface area (Å²) < 4.78 is 13.0. The molecule has 0 spiro atoms. The average molecular weight is 276 g/mol. The fourth-order valence-corrected chi connectivity index (χ4v) is 2.17. The molecule has 0 saturated heterocycles. The minimum atomic E-state index is -0.205. The van der Waals surface area contributed by atoms with Crippen LogP contribution < -0.4 is 5.73 Å². The van der Waals surface area contributed by atoms with Crippen LogP contribution in [0.25, 0.3) is 0 Å². The van der Waals surface area contributed by atoms with Crippen molar-refractivity contribution in [1.29, 1.82) is 0 Å². The number of rotatable bonds is 5. The van der Waals surface area contributed by atoms with Gasteiger partial charge in [-0.2, -0.15) is 0 Å². The molecular weight excluding hydrogens is 251 g/mol. The Morgan fingerprint density at radius 1 is 1.10 bits per heavy atom. The molecule has 1 aromatic rings. The summed E-state index contributed by atoms with van der Waals surface area (Å²) in [5.41, 5.74) is 9.15. The number of allylic oxidation sites excluding steroid dienone is 2. The van der Waals surface area contributed by atoms with Gasteiger partial charge in [0.1, 0.15) is 5.82 Å². The van der Waals surface area contributed by atoms with Crippen molar-refractivity contribution in [2.24, 2.45) is 22.6 Å². The summed E-state index contributed by atoms with van der Waals surface area (Å²) in [6, 6.07) is 6.66. The Kier molecular flexibility index (Phi) is 5.93. The summed E-state index contributed by atoms with van der Waals surface area (Å²) in [6.45, 7) is 10.4. The molecule has 0 fully saturated rings. The Morgan fingerprint density at radius 3 is 2.05 bits per heavy atom. The topological polar surface area (TPSA) is 38.4 Å². The van der Waals surface area contributed by atoms with Crippen molar-refractivity contribution in [3.63, 3.8) is 0 Å². The monoisotopic (exact) mass is 276 g/mol. The van der Waals surface area contributed by atoms with Crippen LogP contribution in [0, 0.1) is 17.7 Å². The van der Waals surface area contributed by atoms with E-state index in [1.807, 2.05) is 12.1 Å². The number of nitrogens with zero attached hydrogens (tertiary/aromatic N) is 1. The number of amidine groups is 1. The van der Waals surface area contributed by atoms with E-state index in [1.54, 1.807) is 6.92 Å². The minimum Gasteiger partial charge on any atom is -0.387 e. The number of aliphatic imine (C=N–C) groups is 1. The third-order valence-electron chi connectivity index (χ3n) is 3.18. The second-order valence-electron chi connectivity index (χ2n) is 5.78. The van der Waals surface area contributed by atoms with E-state index in [2.05, 4.69) is 32.7 Å².